The molecule has 9 heteroatoms. The summed E-state index contributed by atoms with van der Waals surface area (Å²) in [6.07, 6.45) is 0. The maximum absolute atomic E-state index is 13.7. The minimum atomic E-state index is -1.11. The van der Waals surface area contributed by atoms with E-state index in [-0.39, 0.29) is 17.0 Å². The van der Waals surface area contributed by atoms with Crippen LogP contribution in [0.2, 0.25) is 0 Å². The van der Waals surface area contributed by atoms with E-state index < -0.39 is 17.1 Å². The van der Waals surface area contributed by atoms with Gasteiger partial charge in [-0.05, 0) is 53.4 Å². The summed E-state index contributed by atoms with van der Waals surface area (Å²) in [5.41, 5.74) is 2.11. The summed E-state index contributed by atoms with van der Waals surface area (Å²) in [7, 11) is 3.08. The number of carboxylic acid groups (broad SMARTS) is 1. The minimum absolute atomic E-state index is 0.0535. The van der Waals surface area contributed by atoms with Crippen LogP contribution in [-0.4, -0.2) is 37.1 Å². The van der Waals surface area contributed by atoms with Crippen molar-refractivity contribution >= 4 is 51.7 Å². The van der Waals surface area contributed by atoms with Gasteiger partial charge in [-0.2, -0.15) is 0 Å². The van der Waals surface area contributed by atoms with Gasteiger partial charge < -0.3 is 25.2 Å². The number of amides is 2. The first-order valence-electron chi connectivity index (χ1n) is 13.3. The molecule has 0 aliphatic carbocycles. The molecular formula is C34H28N2O6S. The number of fused-ring (bicyclic) bond motifs is 1. The highest BCUT2D eigenvalue weighted by atomic mass is 32.2. The third-order valence-electron chi connectivity index (χ3n) is 6.73. The van der Waals surface area contributed by atoms with E-state index in [2.05, 4.69) is 10.6 Å². The lowest BCUT2D eigenvalue weighted by Gasteiger charge is -2.19. The van der Waals surface area contributed by atoms with Gasteiger partial charge in [0.1, 0.15) is 16.7 Å². The fraction of sp³-hybridized carbons (Fsp3) is 0.0882. The number of benzene rings is 5. The number of nitrogens with one attached hydrogen (secondary N) is 2. The maximum Gasteiger partial charge on any atom is 0.336 e. The number of carboxylic acids is 1. The smallest absolute Gasteiger partial charge is 0.336 e. The highest BCUT2D eigenvalue weighted by molar-refractivity contribution is 8.00. The molecular weight excluding hydrogens is 564 g/mol. The monoisotopic (exact) mass is 592 g/mol. The van der Waals surface area contributed by atoms with Crippen molar-refractivity contribution in [2.75, 3.05) is 24.9 Å². The SMILES string of the molecule is COc1ccc(NC(=O)C(Sc2cccc(NC(=O)c3cccc4cccc(C(=O)O)c34)c2)c2ccccc2)c(OC)c1. The van der Waals surface area contributed by atoms with Crippen molar-refractivity contribution in [2.45, 2.75) is 10.1 Å². The van der Waals surface area contributed by atoms with Crippen LogP contribution in [0.3, 0.4) is 0 Å². The second-order valence-corrected chi connectivity index (χ2v) is 10.6. The van der Waals surface area contributed by atoms with Gasteiger partial charge >= 0.3 is 5.97 Å². The molecule has 1 unspecified atom stereocenters. The number of hydrogen-bond acceptors (Lipinski definition) is 6. The summed E-state index contributed by atoms with van der Waals surface area (Å²) in [4.78, 5) is 39.7. The van der Waals surface area contributed by atoms with Gasteiger partial charge in [-0.25, -0.2) is 4.79 Å². The van der Waals surface area contributed by atoms with Crippen molar-refractivity contribution < 1.29 is 29.0 Å². The molecule has 0 saturated heterocycles. The van der Waals surface area contributed by atoms with Crippen molar-refractivity contribution in [3.63, 3.8) is 0 Å². The van der Waals surface area contributed by atoms with E-state index in [9.17, 15) is 19.5 Å². The standard InChI is InChI=1S/C34H28N2O6S/c1-41-24-17-18-28(29(20-24)42-2)36-33(38)31(22-9-4-3-5-10-22)43-25-14-8-13-23(19-25)35-32(37)26-15-6-11-21-12-7-16-27(30(21)26)34(39)40/h3-20,31H,1-2H3,(H,35,37)(H,36,38)(H,39,40). The predicted octanol–water partition coefficient (Wildman–Crippen LogP) is 7.28. The summed E-state index contributed by atoms with van der Waals surface area (Å²) >= 11 is 1.33. The van der Waals surface area contributed by atoms with E-state index in [1.54, 1.807) is 73.8 Å². The summed E-state index contributed by atoms with van der Waals surface area (Å²) in [5, 5.41) is 16.0. The first-order chi connectivity index (χ1) is 20.9. The summed E-state index contributed by atoms with van der Waals surface area (Å²) in [5.74, 6) is -0.739. The van der Waals surface area contributed by atoms with Crippen molar-refractivity contribution in [1.82, 2.24) is 0 Å². The van der Waals surface area contributed by atoms with Gasteiger partial charge in [0.25, 0.3) is 5.91 Å². The number of ether oxygens (including phenoxy) is 2. The Morgan fingerprint density at radius 1 is 0.744 bits per heavy atom. The van der Waals surface area contributed by atoms with Crippen molar-refractivity contribution in [3.05, 3.63) is 126 Å². The van der Waals surface area contributed by atoms with E-state index in [0.717, 1.165) is 10.5 Å². The Morgan fingerprint density at radius 3 is 2.16 bits per heavy atom. The molecule has 2 amide bonds. The molecule has 0 spiro atoms. The van der Waals surface area contributed by atoms with Crippen LogP contribution < -0.4 is 20.1 Å². The quantitative estimate of drug-likeness (QED) is 0.146. The number of hydrogen-bond donors (Lipinski definition) is 3. The lowest BCUT2D eigenvalue weighted by atomic mass is 9.98. The number of thioether (sulfide) groups is 1. The number of carbonyl (C=O) groups is 3. The van der Waals surface area contributed by atoms with Crippen LogP contribution in [0.25, 0.3) is 10.8 Å². The minimum Gasteiger partial charge on any atom is -0.497 e. The molecule has 216 valence electrons. The van der Waals surface area contributed by atoms with Gasteiger partial charge in [-0.3, -0.25) is 9.59 Å². The molecule has 5 aromatic carbocycles. The molecule has 0 fully saturated rings. The van der Waals surface area contributed by atoms with Crippen LogP contribution in [0.1, 0.15) is 31.5 Å². The molecule has 0 saturated carbocycles. The van der Waals surface area contributed by atoms with Crippen molar-refractivity contribution in [2.24, 2.45) is 0 Å². The number of carbonyl (C=O) groups excluding carboxylic acids is 2. The van der Waals surface area contributed by atoms with Crippen LogP contribution >= 0.6 is 11.8 Å². The molecule has 8 nitrogen and oxygen atoms in total. The summed E-state index contributed by atoms with van der Waals surface area (Å²) in [6.45, 7) is 0. The molecule has 5 aromatic rings. The topological polar surface area (TPSA) is 114 Å². The Kier molecular flexibility index (Phi) is 8.93. The van der Waals surface area contributed by atoms with Gasteiger partial charge in [0.2, 0.25) is 5.91 Å². The number of aromatic carboxylic acids is 1. The van der Waals surface area contributed by atoms with E-state index in [0.29, 0.717) is 33.6 Å². The average Bonchev–Trinajstić information content (AvgIpc) is 3.03. The highest BCUT2D eigenvalue weighted by Crippen LogP contribution is 2.38. The Bertz CT molecular complexity index is 1800. The van der Waals surface area contributed by atoms with Crippen LogP contribution in [0, 0.1) is 0 Å². The van der Waals surface area contributed by atoms with Gasteiger partial charge in [-0.1, -0.05) is 60.7 Å². The molecule has 5 rings (SSSR count). The molecule has 0 bridgehead atoms. The lowest BCUT2D eigenvalue weighted by Crippen LogP contribution is -2.19. The number of rotatable bonds is 10. The Balaban J connectivity index is 1.41. The molecule has 3 N–H and O–H groups in total. The van der Waals surface area contributed by atoms with Crippen molar-refractivity contribution in [3.8, 4) is 11.5 Å². The Labute approximate surface area is 252 Å². The van der Waals surface area contributed by atoms with E-state index >= 15 is 0 Å². The van der Waals surface area contributed by atoms with Crippen LogP contribution in [0.5, 0.6) is 11.5 Å². The summed E-state index contributed by atoms with van der Waals surface area (Å²) < 4.78 is 10.7. The third-order valence-corrected chi connectivity index (χ3v) is 7.98. The van der Waals surface area contributed by atoms with Gasteiger partial charge in [-0.15, -0.1) is 11.8 Å². The molecule has 43 heavy (non-hydrogen) atoms. The molecule has 0 aliphatic rings. The van der Waals surface area contributed by atoms with E-state index in [4.69, 9.17) is 9.47 Å². The van der Waals surface area contributed by atoms with E-state index in [1.807, 2.05) is 36.4 Å². The van der Waals surface area contributed by atoms with Crippen molar-refractivity contribution in [1.29, 1.82) is 0 Å². The normalized spacial score (nSPS) is 11.4. The Hall–Kier alpha value is -5.28. The van der Waals surface area contributed by atoms with Crippen LogP contribution in [0.15, 0.2) is 114 Å². The zero-order valence-corrected chi connectivity index (χ0v) is 24.2. The molecule has 0 heterocycles. The lowest BCUT2D eigenvalue weighted by molar-refractivity contribution is -0.115. The molecule has 0 aromatic heterocycles. The van der Waals surface area contributed by atoms with Crippen LogP contribution in [0.4, 0.5) is 11.4 Å². The number of anilines is 2. The molecule has 0 radical (unpaired) electrons. The zero-order chi connectivity index (χ0) is 30.3. The molecule has 1 atom stereocenters. The highest BCUT2D eigenvalue weighted by Gasteiger charge is 2.24. The first-order valence-corrected chi connectivity index (χ1v) is 14.2. The predicted molar refractivity (Wildman–Crippen MR) is 169 cm³/mol. The molecule has 0 aliphatic heterocycles. The van der Waals surface area contributed by atoms with Gasteiger partial charge in [0, 0.05) is 27.6 Å². The third kappa shape index (κ3) is 6.63. The number of methoxy groups -OCH3 is 2. The fourth-order valence-electron chi connectivity index (χ4n) is 4.69. The average molecular weight is 593 g/mol. The summed E-state index contributed by atoms with van der Waals surface area (Å²) in [6, 6.07) is 31.7. The second-order valence-electron chi connectivity index (χ2n) is 9.46. The zero-order valence-electron chi connectivity index (χ0n) is 23.4. The van der Waals surface area contributed by atoms with Gasteiger partial charge in [0.15, 0.2) is 0 Å². The Morgan fingerprint density at radius 2 is 1.47 bits per heavy atom. The second kappa shape index (κ2) is 13.1. The first kappa shape index (κ1) is 29.2. The maximum atomic E-state index is 13.7. The van der Waals surface area contributed by atoms with Crippen LogP contribution in [-0.2, 0) is 4.79 Å². The van der Waals surface area contributed by atoms with E-state index in [1.165, 1.54) is 24.9 Å². The fourth-order valence-corrected chi connectivity index (χ4v) is 5.77. The largest absolute Gasteiger partial charge is 0.497 e. The van der Waals surface area contributed by atoms with Gasteiger partial charge in [0.05, 0.1) is 25.5 Å².